The molecule has 1 amide bonds. The second kappa shape index (κ2) is 7.93. The molecular weight excluding hydrogens is 250 g/mol. The molecule has 0 N–H and O–H groups in total. The summed E-state index contributed by atoms with van der Waals surface area (Å²) >= 11 is 0. The van der Waals surface area contributed by atoms with Gasteiger partial charge in [0.15, 0.2) is 0 Å². The van der Waals surface area contributed by atoms with E-state index in [-0.39, 0.29) is 5.91 Å². The number of carbonyl (C=O) groups excluding carboxylic acids is 1. The van der Waals surface area contributed by atoms with Gasteiger partial charge < -0.3 is 9.64 Å². The fraction of sp³-hybridized carbons (Fsp3) is 0.588. The lowest BCUT2D eigenvalue weighted by Gasteiger charge is -2.25. The molecule has 0 aromatic heterocycles. The van der Waals surface area contributed by atoms with Crippen LogP contribution in [0.3, 0.4) is 0 Å². The lowest BCUT2D eigenvalue weighted by Crippen LogP contribution is -2.33. The zero-order valence-corrected chi connectivity index (χ0v) is 12.4. The lowest BCUT2D eigenvalue weighted by molar-refractivity contribution is 0.0742. The quantitative estimate of drug-likeness (QED) is 0.834. The number of benzene rings is 1. The Morgan fingerprint density at radius 2 is 1.85 bits per heavy atom. The van der Waals surface area contributed by atoms with E-state index in [4.69, 9.17) is 4.74 Å². The van der Waals surface area contributed by atoms with Gasteiger partial charge in [0.1, 0.15) is 5.75 Å². The molecule has 0 unspecified atom stereocenters. The van der Waals surface area contributed by atoms with Gasteiger partial charge in [-0.25, -0.2) is 0 Å². The summed E-state index contributed by atoms with van der Waals surface area (Å²) in [5, 5.41) is 0. The van der Waals surface area contributed by atoms with E-state index in [0.29, 0.717) is 6.61 Å². The van der Waals surface area contributed by atoms with Gasteiger partial charge in [-0.1, -0.05) is 32.3 Å². The Morgan fingerprint density at radius 3 is 2.55 bits per heavy atom. The van der Waals surface area contributed by atoms with Crippen LogP contribution in [0.5, 0.6) is 5.75 Å². The van der Waals surface area contributed by atoms with Crippen LogP contribution in [0.4, 0.5) is 0 Å². The number of rotatable bonds is 4. The molecule has 0 spiro atoms. The first-order valence-corrected chi connectivity index (χ1v) is 7.83. The van der Waals surface area contributed by atoms with Crippen LogP contribution in [0.15, 0.2) is 24.3 Å². The Hall–Kier alpha value is -1.51. The van der Waals surface area contributed by atoms with Gasteiger partial charge in [-0.2, -0.15) is 0 Å². The highest BCUT2D eigenvalue weighted by Gasteiger charge is 2.16. The number of likely N-dealkylation sites (tertiary alicyclic amines) is 1. The van der Waals surface area contributed by atoms with Gasteiger partial charge in [-0.15, -0.1) is 0 Å². The summed E-state index contributed by atoms with van der Waals surface area (Å²) in [7, 11) is 0. The van der Waals surface area contributed by atoms with Crippen molar-refractivity contribution < 1.29 is 9.53 Å². The topological polar surface area (TPSA) is 29.5 Å². The lowest BCUT2D eigenvalue weighted by atomic mass is 10.1. The SMILES string of the molecule is CCCOc1cccc(C(=O)N2CCCCCCC2)c1. The molecule has 0 aliphatic carbocycles. The van der Waals surface area contributed by atoms with Gasteiger partial charge in [0.25, 0.3) is 5.91 Å². The summed E-state index contributed by atoms with van der Waals surface area (Å²) < 4.78 is 5.61. The average molecular weight is 275 g/mol. The van der Waals surface area contributed by atoms with Crippen molar-refractivity contribution in [3.8, 4) is 5.75 Å². The molecule has 1 aromatic rings. The van der Waals surface area contributed by atoms with Crippen molar-refractivity contribution in [3.05, 3.63) is 29.8 Å². The van der Waals surface area contributed by atoms with Gasteiger partial charge >= 0.3 is 0 Å². The Morgan fingerprint density at radius 1 is 1.15 bits per heavy atom. The highest BCUT2D eigenvalue weighted by atomic mass is 16.5. The van der Waals surface area contributed by atoms with Crippen molar-refractivity contribution in [1.82, 2.24) is 4.90 Å². The second-order valence-electron chi connectivity index (χ2n) is 5.44. The molecule has 3 nitrogen and oxygen atoms in total. The minimum atomic E-state index is 0.147. The van der Waals surface area contributed by atoms with Gasteiger partial charge in [0.2, 0.25) is 0 Å². The van der Waals surface area contributed by atoms with Crippen LogP contribution in [0.1, 0.15) is 55.8 Å². The standard InChI is InChI=1S/C17H25NO2/c1-2-13-20-16-10-8-9-15(14-16)17(19)18-11-6-4-3-5-7-12-18/h8-10,14H,2-7,11-13H2,1H3. The normalized spacial score (nSPS) is 16.4. The summed E-state index contributed by atoms with van der Waals surface area (Å²) in [6.07, 6.45) is 7.01. The van der Waals surface area contributed by atoms with Crippen LogP contribution in [0.2, 0.25) is 0 Å². The summed E-state index contributed by atoms with van der Waals surface area (Å²) in [5.74, 6) is 0.943. The van der Waals surface area contributed by atoms with Crippen LogP contribution >= 0.6 is 0 Å². The van der Waals surface area contributed by atoms with E-state index in [2.05, 4.69) is 6.92 Å². The van der Waals surface area contributed by atoms with E-state index in [0.717, 1.165) is 43.7 Å². The molecule has 0 saturated carbocycles. The maximum absolute atomic E-state index is 12.6. The van der Waals surface area contributed by atoms with Crippen molar-refractivity contribution in [2.75, 3.05) is 19.7 Å². The van der Waals surface area contributed by atoms with E-state index < -0.39 is 0 Å². The molecule has 1 aliphatic heterocycles. The zero-order valence-electron chi connectivity index (χ0n) is 12.4. The second-order valence-corrected chi connectivity index (χ2v) is 5.44. The van der Waals surface area contributed by atoms with Crippen LogP contribution in [0, 0.1) is 0 Å². The Labute approximate surface area is 121 Å². The van der Waals surface area contributed by atoms with Crippen molar-refractivity contribution in [3.63, 3.8) is 0 Å². The summed E-state index contributed by atoms with van der Waals surface area (Å²) in [4.78, 5) is 14.6. The van der Waals surface area contributed by atoms with Crippen molar-refractivity contribution >= 4 is 5.91 Å². The maximum Gasteiger partial charge on any atom is 0.253 e. The fourth-order valence-electron chi connectivity index (χ4n) is 2.57. The number of amides is 1. The van der Waals surface area contributed by atoms with E-state index in [1.165, 1.54) is 19.3 Å². The third-order valence-corrected chi connectivity index (χ3v) is 3.70. The molecule has 1 heterocycles. The summed E-state index contributed by atoms with van der Waals surface area (Å²) in [6.45, 7) is 4.55. The third kappa shape index (κ3) is 4.26. The van der Waals surface area contributed by atoms with Crippen LogP contribution in [0.25, 0.3) is 0 Å². The predicted octanol–water partition coefficient (Wildman–Crippen LogP) is 3.88. The molecule has 20 heavy (non-hydrogen) atoms. The first-order valence-electron chi connectivity index (χ1n) is 7.83. The maximum atomic E-state index is 12.6. The fourth-order valence-corrected chi connectivity index (χ4v) is 2.57. The minimum absolute atomic E-state index is 0.147. The molecule has 0 atom stereocenters. The molecular formula is C17H25NO2. The monoisotopic (exact) mass is 275 g/mol. The van der Waals surface area contributed by atoms with Gasteiger partial charge in [0, 0.05) is 18.7 Å². The van der Waals surface area contributed by atoms with Gasteiger partial charge in [0.05, 0.1) is 6.61 Å². The highest BCUT2D eigenvalue weighted by Crippen LogP contribution is 2.17. The first kappa shape index (κ1) is 14.9. The molecule has 110 valence electrons. The number of hydrogen-bond acceptors (Lipinski definition) is 2. The molecule has 0 radical (unpaired) electrons. The molecule has 3 heteroatoms. The number of hydrogen-bond donors (Lipinski definition) is 0. The third-order valence-electron chi connectivity index (χ3n) is 3.70. The van der Waals surface area contributed by atoms with E-state index in [9.17, 15) is 4.79 Å². The van der Waals surface area contributed by atoms with Crippen molar-refractivity contribution in [2.24, 2.45) is 0 Å². The number of ether oxygens (including phenoxy) is 1. The number of carbonyl (C=O) groups is 1. The molecule has 1 saturated heterocycles. The van der Waals surface area contributed by atoms with E-state index in [1.807, 2.05) is 29.2 Å². The average Bonchev–Trinajstić information content (AvgIpc) is 2.44. The molecule has 1 fully saturated rings. The zero-order chi connectivity index (χ0) is 14.2. The van der Waals surface area contributed by atoms with Crippen LogP contribution < -0.4 is 4.74 Å². The van der Waals surface area contributed by atoms with E-state index >= 15 is 0 Å². The predicted molar refractivity (Wildman–Crippen MR) is 81.2 cm³/mol. The van der Waals surface area contributed by atoms with Crippen molar-refractivity contribution in [1.29, 1.82) is 0 Å². The first-order chi connectivity index (χ1) is 9.81. The Kier molecular flexibility index (Phi) is 5.90. The Bertz CT molecular complexity index is 423. The summed E-state index contributed by atoms with van der Waals surface area (Å²) in [6, 6.07) is 7.58. The number of nitrogens with zero attached hydrogens (tertiary/aromatic N) is 1. The molecule has 1 aromatic carbocycles. The molecule has 1 aliphatic rings. The van der Waals surface area contributed by atoms with Crippen molar-refractivity contribution in [2.45, 2.75) is 45.4 Å². The van der Waals surface area contributed by atoms with Crippen LogP contribution in [-0.4, -0.2) is 30.5 Å². The summed E-state index contributed by atoms with van der Waals surface area (Å²) in [5.41, 5.74) is 0.749. The van der Waals surface area contributed by atoms with E-state index in [1.54, 1.807) is 0 Å². The smallest absolute Gasteiger partial charge is 0.253 e. The minimum Gasteiger partial charge on any atom is -0.494 e. The highest BCUT2D eigenvalue weighted by molar-refractivity contribution is 5.94. The largest absolute Gasteiger partial charge is 0.494 e. The molecule has 2 rings (SSSR count). The Balaban J connectivity index is 2.02. The van der Waals surface area contributed by atoms with Gasteiger partial charge in [-0.05, 0) is 37.5 Å². The molecule has 0 bridgehead atoms. The van der Waals surface area contributed by atoms with Crippen LogP contribution in [-0.2, 0) is 0 Å². The van der Waals surface area contributed by atoms with Gasteiger partial charge in [-0.3, -0.25) is 4.79 Å².